The standard InChI is InChI=1S/C35H43N3O12/c1-16-31-19(38-11-12-47-33(46-5)32(38)50-31)13-22(48-16)49-21-15-35(44,34(43)36-9-10-37(2)3)14-18-24(21)30(42)26-25(28(18)40)27(39)17-7-6-8-20(45-4)23(17)29(26)41/h6-8,16,19,21-22,31-33,40,42,44H,9-15H2,1-5H3,(H,36,43)/t16-,19+,21-,22+,31+,32+,33-,35-/m0/s1. The smallest absolute Gasteiger partial charge is 0.252 e. The fourth-order valence-electron chi connectivity index (χ4n) is 8.06. The van der Waals surface area contributed by atoms with Gasteiger partial charge in [-0.3, -0.25) is 19.3 Å². The second-order valence-corrected chi connectivity index (χ2v) is 13.8. The number of rotatable bonds is 8. The van der Waals surface area contributed by atoms with Crippen molar-refractivity contribution in [1.82, 2.24) is 15.1 Å². The van der Waals surface area contributed by atoms with Gasteiger partial charge in [-0.15, -0.1) is 0 Å². The first-order valence-corrected chi connectivity index (χ1v) is 16.8. The van der Waals surface area contributed by atoms with Crippen molar-refractivity contribution in [2.45, 2.75) is 74.9 Å². The molecule has 3 aliphatic heterocycles. The van der Waals surface area contributed by atoms with Crippen LogP contribution in [0.1, 0.15) is 68.8 Å². The van der Waals surface area contributed by atoms with E-state index in [0.717, 1.165) is 0 Å². The predicted molar refractivity (Wildman–Crippen MR) is 173 cm³/mol. The molecule has 4 N–H and O–H groups in total. The Hall–Kier alpha value is -3.67. The van der Waals surface area contributed by atoms with Gasteiger partial charge in [0.15, 0.2) is 24.6 Å². The maximum atomic E-state index is 14.0. The van der Waals surface area contributed by atoms with Crippen molar-refractivity contribution in [1.29, 1.82) is 0 Å². The average molecular weight is 698 g/mol. The van der Waals surface area contributed by atoms with Crippen LogP contribution in [-0.4, -0.2) is 140 Å². The highest BCUT2D eigenvalue weighted by atomic mass is 16.7. The lowest BCUT2D eigenvalue weighted by atomic mass is 9.72. The zero-order valence-corrected chi connectivity index (χ0v) is 28.6. The van der Waals surface area contributed by atoms with E-state index in [1.165, 1.54) is 19.2 Å². The van der Waals surface area contributed by atoms with E-state index in [1.54, 1.807) is 13.2 Å². The molecule has 3 heterocycles. The van der Waals surface area contributed by atoms with E-state index in [0.29, 0.717) is 26.1 Å². The van der Waals surface area contributed by atoms with Crippen molar-refractivity contribution in [3.05, 3.63) is 51.6 Å². The fraction of sp³-hybridized carbons (Fsp3) is 0.571. The van der Waals surface area contributed by atoms with Crippen LogP contribution in [-0.2, 0) is 34.9 Å². The number of carbonyl (C=O) groups is 3. The van der Waals surface area contributed by atoms with Gasteiger partial charge >= 0.3 is 0 Å². The molecule has 5 aliphatic rings. The van der Waals surface area contributed by atoms with Gasteiger partial charge in [-0.2, -0.15) is 0 Å². The second-order valence-electron chi connectivity index (χ2n) is 13.8. The lowest BCUT2D eigenvalue weighted by Gasteiger charge is -2.43. The predicted octanol–water partition coefficient (Wildman–Crippen LogP) is 0.828. The van der Waals surface area contributed by atoms with Gasteiger partial charge < -0.3 is 54.0 Å². The minimum Gasteiger partial charge on any atom is -0.507 e. The third-order valence-corrected chi connectivity index (χ3v) is 10.4. The number of aliphatic hydroxyl groups is 1. The number of carbonyl (C=O) groups excluding carboxylic acids is 3. The number of hydrogen-bond acceptors (Lipinski definition) is 14. The van der Waals surface area contributed by atoms with Gasteiger partial charge in [0.05, 0.1) is 42.6 Å². The third kappa shape index (κ3) is 5.56. The van der Waals surface area contributed by atoms with Crippen molar-refractivity contribution in [3.63, 3.8) is 0 Å². The molecular formula is C35H43N3O12. The number of nitrogens with one attached hydrogen (secondary N) is 1. The van der Waals surface area contributed by atoms with E-state index in [1.807, 2.05) is 25.9 Å². The number of likely N-dealkylation sites (N-methyl/N-ethyl adjacent to an activating group) is 1. The Morgan fingerprint density at radius 1 is 1.10 bits per heavy atom. The van der Waals surface area contributed by atoms with E-state index in [9.17, 15) is 29.7 Å². The Labute approximate surface area is 288 Å². The van der Waals surface area contributed by atoms with Crippen LogP contribution in [0.4, 0.5) is 0 Å². The Morgan fingerprint density at radius 3 is 2.58 bits per heavy atom. The Balaban J connectivity index is 1.28. The maximum Gasteiger partial charge on any atom is 0.252 e. The van der Waals surface area contributed by atoms with Crippen molar-refractivity contribution in [2.75, 3.05) is 54.6 Å². The molecule has 7 rings (SSSR count). The van der Waals surface area contributed by atoms with Gasteiger partial charge in [-0.25, -0.2) is 0 Å². The zero-order valence-electron chi connectivity index (χ0n) is 28.6. The summed E-state index contributed by atoms with van der Waals surface area (Å²) < 4.78 is 35.8. The van der Waals surface area contributed by atoms with Crippen molar-refractivity contribution in [2.24, 2.45) is 0 Å². The molecule has 15 nitrogen and oxygen atoms in total. The fourth-order valence-corrected chi connectivity index (χ4v) is 8.06. The number of amides is 1. The molecule has 0 unspecified atom stereocenters. The Bertz CT molecular complexity index is 1720. The molecular weight excluding hydrogens is 654 g/mol. The molecule has 0 bridgehead atoms. The summed E-state index contributed by atoms with van der Waals surface area (Å²) in [4.78, 5) is 45.5. The van der Waals surface area contributed by atoms with Crippen molar-refractivity contribution < 1.29 is 58.1 Å². The Kier molecular flexibility index (Phi) is 9.14. The van der Waals surface area contributed by atoms with Crippen LogP contribution in [0.3, 0.4) is 0 Å². The maximum absolute atomic E-state index is 14.0. The van der Waals surface area contributed by atoms with E-state index in [4.69, 9.17) is 28.4 Å². The topological polar surface area (TPSA) is 186 Å². The minimum absolute atomic E-state index is 0.00346. The second kappa shape index (κ2) is 13.1. The highest BCUT2D eigenvalue weighted by Crippen LogP contribution is 2.53. The monoisotopic (exact) mass is 697 g/mol. The summed E-state index contributed by atoms with van der Waals surface area (Å²) in [7, 11) is 6.60. The number of methoxy groups -OCH3 is 2. The van der Waals surface area contributed by atoms with Crippen LogP contribution in [0.5, 0.6) is 17.2 Å². The number of ketones is 2. The molecule has 0 radical (unpaired) electrons. The summed E-state index contributed by atoms with van der Waals surface area (Å²) in [6, 6.07) is 4.36. The van der Waals surface area contributed by atoms with E-state index in [-0.39, 0.29) is 53.1 Å². The van der Waals surface area contributed by atoms with Crippen molar-refractivity contribution >= 4 is 17.5 Å². The lowest BCUT2D eigenvalue weighted by molar-refractivity contribution is -0.256. The molecule has 3 fully saturated rings. The highest BCUT2D eigenvalue weighted by molar-refractivity contribution is 6.31. The van der Waals surface area contributed by atoms with Crippen LogP contribution >= 0.6 is 0 Å². The van der Waals surface area contributed by atoms with E-state index >= 15 is 0 Å². The van der Waals surface area contributed by atoms with Crippen LogP contribution < -0.4 is 10.1 Å². The van der Waals surface area contributed by atoms with Crippen LogP contribution in [0.25, 0.3) is 0 Å². The van der Waals surface area contributed by atoms with Gasteiger partial charge in [0.25, 0.3) is 5.91 Å². The SMILES string of the molecule is COc1cccc2c1C(=O)c1c(O)c3c(c(O)c1C2=O)C[C@@](O)(C(=O)NCCN(C)C)C[C@@H]3O[C@@H]1C[C@@H]2[C@H](O[C@@H]3[C@@H](OC)OCCN23)[C@H](C)O1. The molecule has 0 saturated carbocycles. The quantitative estimate of drug-likeness (QED) is 0.243. The number of phenols is 2. The molecule has 1 amide bonds. The zero-order chi connectivity index (χ0) is 35.6. The van der Waals surface area contributed by atoms with Crippen LogP contribution in [0.15, 0.2) is 18.2 Å². The molecule has 2 aliphatic carbocycles. The highest BCUT2D eigenvalue weighted by Gasteiger charge is 2.55. The first-order chi connectivity index (χ1) is 23.9. The molecule has 2 aromatic carbocycles. The number of benzene rings is 2. The number of ether oxygens (including phenoxy) is 6. The van der Waals surface area contributed by atoms with Gasteiger partial charge in [0.1, 0.15) is 29.0 Å². The summed E-state index contributed by atoms with van der Waals surface area (Å²) in [5.41, 5.74) is -3.06. The normalized spacial score (nSPS) is 31.8. The molecule has 15 heteroatoms. The Morgan fingerprint density at radius 2 is 1.86 bits per heavy atom. The molecule has 2 aromatic rings. The number of fused-ring (bicyclic) bond motifs is 6. The number of nitrogens with zero attached hydrogens (tertiary/aromatic N) is 2. The summed E-state index contributed by atoms with van der Waals surface area (Å²) in [6.07, 6.45) is -4.43. The lowest BCUT2D eigenvalue weighted by Crippen LogP contribution is -2.55. The van der Waals surface area contributed by atoms with Gasteiger partial charge in [-0.05, 0) is 27.1 Å². The number of phenolic OH excluding ortho intramolecular Hbond substituents is 2. The van der Waals surface area contributed by atoms with Gasteiger partial charge in [0, 0.05) is 68.7 Å². The third-order valence-electron chi connectivity index (χ3n) is 10.4. The first-order valence-electron chi connectivity index (χ1n) is 16.8. The van der Waals surface area contributed by atoms with E-state index < -0.39 is 83.1 Å². The molecule has 0 spiro atoms. The molecule has 3 saturated heterocycles. The van der Waals surface area contributed by atoms with E-state index in [2.05, 4.69) is 10.2 Å². The largest absolute Gasteiger partial charge is 0.507 e. The molecule has 8 atom stereocenters. The van der Waals surface area contributed by atoms with Crippen LogP contribution in [0, 0.1) is 0 Å². The van der Waals surface area contributed by atoms with Gasteiger partial charge in [0.2, 0.25) is 5.78 Å². The van der Waals surface area contributed by atoms with Crippen molar-refractivity contribution in [3.8, 4) is 17.2 Å². The summed E-state index contributed by atoms with van der Waals surface area (Å²) in [5.74, 6) is -3.20. The number of hydrogen-bond donors (Lipinski definition) is 4. The van der Waals surface area contributed by atoms with Gasteiger partial charge in [-0.1, -0.05) is 12.1 Å². The summed E-state index contributed by atoms with van der Waals surface area (Å²) in [5, 5.41) is 38.4. The number of aromatic hydroxyl groups is 2. The average Bonchev–Trinajstić information content (AvgIpc) is 3.47. The summed E-state index contributed by atoms with van der Waals surface area (Å²) >= 11 is 0. The molecule has 270 valence electrons. The molecule has 50 heavy (non-hydrogen) atoms. The first kappa shape index (κ1) is 34.8. The summed E-state index contributed by atoms with van der Waals surface area (Å²) in [6.45, 7) is 3.61. The minimum atomic E-state index is -2.12. The molecule has 0 aromatic heterocycles. The van der Waals surface area contributed by atoms with Crippen LogP contribution in [0.2, 0.25) is 0 Å². The number of morpholine rings is 1.